The number of ketones is 1. The Hall–Kier alpha value is -3.58. The number of nitrogens with zero attached hydrogens (tertiary/aromatic N) is 1. The summed E-state index contributed by atoms with van der Waals surface area (Å²) in [5.41, 5.74) is 10.6. The van der Waals surface area contributed by atoms with Crippen LogP contribution in [0, 0.1) is 11.3 Å². The largest absolute Gasteiger partial charge is 0.393 e. The third-order valence-electron chi connectivity index (χ3n) is 11.6. The molecule has 1 saturated heterocycles. The smallest absolute Gasteiger partial charge is 0.220 e. The molecular formula is C41H50N2O4. The van der Waals surface area contributed by atoms with E-state index in [1.807, 2.05) is 60.7 Å². The minimum atomic E-state index is -0.965. The molecule has 248 valence electrons. The molecule has 4 aliphatic rings. The van der Waals surface area contributed by atoms with Gasteiger partial charge in [-0.1, -0.05) is 85.3 Å². The molecule has 2 fully saturated rings. The van der Waals surface area contributed by atoms with Crippen molar-refractivity contribution in [3.05, 3.63) is 107 Å². The number of likely N-dealkylation sites (tertiary alicyclic amines) is 1. The Labute approximate surface area is 279 Å². The molecule has 1 saturated carbocycles. The van der Waals surface area contributed by atoms with Crippen LogP contribution >= 0.6 is 0 Å². The summed E-state index contributed by atoms with van der Waals surface area (Å²) in [6.07, 6.45) is 8.21. The van der Waals surface area contributed by atoms with Gasteiger partial charge in [-0.3, -0.25) is 9.59 Å². The zero-order valence-electron chi connectivity index (χ0n) is 28.0. The Morgan fingerprint density at radius 2 is 1.64 bits per heavy atom. The summed E-state index contributed by atoms with van der Waals surface area (Å²) in [5, 5.41) is 23.7. The van der Waals surface area contributed by atoms with Crippen LogP contribution in [0.15, 0.2) is 84.4 Å². The summed E-state index contributed by atoms with van der Waals surface area (Å²) >= 11 is 0. The van der Waals surface area contributed by atoms with Crippen molar-refractivity contribution in [2.45, 2.75) is 89.3 Å². The number of benzene rings is 3. The predicted molar refractivity (Wildman–Crippen MR) is 187 cm³/mol. The minimum absolute atomic E-state index is 0.0232. The minimum Gasteiger partial charge on any atom is -0.393 e. The molecule has 6 heteroatoms. The van der Waals surface area contributed by atoms with E-state index < -0.39 is 17.1 Å². The standard InChI is InChI=1S/C41H50N2O4/c1-28-9-8-21-40(2)37(18-22-41(40,47)27-43-23-19-31(20-24-43)39(42)46)34-17-15-29(25-32(44)16-14-28)26-36(34)38(45)35-13-7-6-12-33(35)30-10-4-3-5-11-30/h3-7,9-13,15,17,26,31-32,37,44,47H,8,14,16,18-25,27H2,1-2H3,(H2,42,46). The number of hydrogen-bond donors (Lipinski definition) is 3. The van der Waals surface area contributed by atoms with E-state index in [2.05, 4.69) is 37.0 Å². The number of nitrogens with two attached hydrogens (primary N) is 1. The van der Waals surface area contributed by atoms with E-state index in [1.165, 1.54) is 5.57 Å². The lowest BCUT2D eigenvalue weighted by Crippen LogP contribution is -2.54. The van der Waals surface area contributed by atoms with Gasteiger partial charge in [0.1, 0.15) is 0 Å². The number of amides is 1. The molecule has 0 spiro atoms. The monoisotopic (exact) mass is 634 g/mol. The lowest BCUT2D eigenvalue weighted by atomic mass is 9.64. The molecule has 0 aromatic heterocycles. The maximum atomic E-state index is 14.8. The molecule has 1 amide bonds. The molecule has 0 radical (unpaired) electrons. The van der Waals surface area contributed by atoms with Crippen LogP contribution < -0.4 is 5.73 Å². The summed E-state index contributed by atoms with van der Waals surface area (Å²) in [6.45, 7) is 6.40. The SMILES string of the molecule is CC1=CCCC2(C)C(CCC2(O)CN2CCC(C(N)=O)CC2)c2ccc(cc2C(=O)c2ccccc2-c2ccccc2)CC(O)CC1. The molecule has 3 aromatic carbocycles. The third kappa shape index (κ3) is 6.87. The summed E-state index contributed by atoms with van der Waals surface area (Å²) in [5.74, 6) is -0.384. The molecule has 47 heavy (non-hydrogen) atoms. The molecule has 4 N–H and O–H groups in total. The normalized spacial score (nSPS) is 27.5. The number of piperidine rings is 1. The Morgan fingerprint density at radius 3 is 2.38 bits per heavy atom. The van der Waals surface area contributed by atoms with Gasteiger partial charge in [-0.2, -0.15) is 0 Å². The van der Waals surface area contributed by atoms with Crippen LogP contribution in [0.1, 0.15) is 98.2 Å². The topological polar surface area (TPSA) is 104 Å². The Kier molecular flexibility index (Phi) is 9.84. The molecule has 6 nitrogen and oxygen atoms in total. The van der Waals surface area contributed by atoms with Crippen molar-refractivity contribution >= 4 is 11.7 Å². The quantitative estimate of drug-likeness (QED) is 0.204. The molecule has 3 aliphatic carbocycles. The lowest BCUT2D eigenvalue weighted by molar-refractivity contribution is -0.124. The van der Waals surface area contributed by atoms with Gasteiger partial charge in [0, 0.05) is 29.0 Å². The molecular weight excluding hydrogens is 584 g/mol. The first-order chi connectivity index (χ1) is 22.6. The van der Waals surface area contributed by atoms with Crippen molar-refractivity contribution in [1.82, 2.24) is 4.90 Å². The average molecular weight is 635 g/mol. The summed E-state index contributed by atoms with van der Waals surface area (Å²) in [6, 6.07) is 24.1. The van der Waals surface area contributed by atoms with Crippen LogP contribution in [0.2, 0.25) is 0 Å². The van der Waals surface area contributed by atoms with Crippen molar-refractivity contribution in [2.24, 2.45) is 17.1 Å². The number of primary amides is 1. The fourth-order valence-electron chi connectivity index (χ4n) is 8.64. The fraction of sp³-hybridized carbons (Fsp3) is 0.463. The molecule has 4 unspecified atom stereocenters. The molecule has 4 atom stereocenters. The zero-order valence-corrected chi connectivity index (χ0v) is 28.0. The Balaban J connectivity index is 1.42. The van der Waals surface area contributed by atoms with Crippen molar-refractivity contribution in [3.63, 3.8) is 0 Å². The van der Waals surface area contributed by atoms with Gasteiger partial charge in [-0.05, 0) is 112 Å². The van der Waals surface area contributed by atoms with E-state index in [9.17, 15) is 19.8 Å². The lowest BCUT2D eigenvalue weighted by Gasteiger charge is -2.47. The van der Waals surface area contributed by atoms with Crippen molar-refractivity contribution in [3.8, 4) is 11.1 Å². The van der Waals surface area contributed by atoms with Gasteiger partial charge in [0.05, 0.1) is 11.7 Å². The number of aliphatic hydroxyl groups is 2. The molecule has 1 heterocycles. The van der Waals surface area contributed by atoms with Crippen LogP contribution in [0.4, 0.5) is 0 Å². The maximum absolute atomic E-state index is 14.8. The van der Waals surface area contributed by atoms with Crippen LogP contribution in [0.5, 0.6) is 0 Å². The number of carbonyl (C=O) groups excluding carboxylic acids is 2. The first-order valence-electron chi connectivity index (χ1n) is 17.5. The predicted octanol–water partition coefficient (Wildman–Crippen LogP) is 6.82. The fourth-order valence-corrected chi connectivity index (χ4v) is 8.64. The van der Waals surface area contributed by atoms with Gasteiger partial charge in [-0.15, -0.1) is 0 Å². The second-order valence-corrected chi connectivity index (χ2v) is 14.6. The summed E-state index contributed by atoms with van der Waals surface area (Å²) < 4.78 is 0. The summed E-state index contributed by atoms with van der Waals surface area (Å²) in [7, 11) is 0. The second-order valence-electron chi connectivity index (χ2n) is 14.6. The molecule has 7 rings (SSSR count). The average Bonchev–Trinajstić information content (AvgIpc) is 3.32. The molecule has 1 aliphatic heterocycles. The highest BCUT2D eigenvalue weighted by Crippen LogP contribution is 2.59. The van der Waals surface area contributed by atoms with Gasteiger partial charge in [0.25, 0.3) is 0 Å². The van der Waals surface area contributed by atoms with Crippen molar-refractivity contribution < 1.29 is 19.8 Å². The van der Waals surface area contributed by atoms with Crippen LogP contribution in [0.25, 0.3) is 11.1 Å². The van der Waals surface area contributed by atoms with Crippen molar-refractivity contribution in [2.75, 3.05) is 19.6 Å². The maximum Gasteiger partial charge on any atom is 0.220 e. The highest BCUT2D eigenvalue weighted by molar-refractivity contribution is 6.13. The number of rotatable bonds is 6. The van der Waals surface area contributed by atoms with Gasteiger partial charge >= 0.3 is 0 Å². The highest BCUT2D eigenvalue weighted by atomic mass is 16.3. The number of fused-ring (bicyclic) bond motifs is 8. The van der Waals surface area contributed by atoms with E-state index in [4.69, 9.17) is 5.73 Å². The van der Waals surface area contributed by atoms with Gasteiger partial charge in [-0.25, -0.2) is 0 Å². The Bertz CT molecular complexity index is 1630. The first-order valence-corrected chi connectivity index (χ1v) is 17.5. The van der Waals surface area contributed by atoms with Gasteiger partial charge in [0.2, 0.25) is 5.91 Å². The molecule has 3 aromatic rings. The number of β-amino-alcohol motifs (C(OH)–C–C–N with tert-alkyl or cyclic N) is 1. The number of allylic oxidation sites excluding steroid dienone is 2. The van der Waals surface area contributed by atoms with Crippen molar-refractivity contribution in [1.29, 1.82) is 0 Å². The third-order valence-corrected chi connectivity index (χ3v) is 11.6. The number of hydrogen-bond acceptors (Lipinski definition) is 5. The van der Waals surface area contributed by atoms with Gasteiger partial charge in [0.15, 0.2) is 5.78 Å². The van der Waals surface area contributed by atoms with E-state index in [1.54, 1.807) is 0 Å². The van der Waals surface area contributed by atoms with Crippen LogP contribution in [-0.2, 0) is 11.2 Å². The number of carbonyl (C=O) groups is 2. The zero-order chi connectivity index (χ0) is 33.2. The van der Waals surface area contributed by atoms with E-state index in [-0.39, 0.29) is 23.5 Å². The highest BCUT2D eigenvalue weighted by Gasteiger charge is 2.57. The van der Waals surface area contributed by atoms with E-state index >= 15 is 0 Å². The molecule has 2 bridgehead atoms. The first kappa shape index (κ1) is 33.3. The number of aliphatic hydroxyl groups excluding tert-OH is 1. The van der Waals surface area contributed by atoms with Crippen LogP contribution in [-0.4, -0.2) is 58.1 Å². The van der Waals surface area contributed by atoms with E-state index in [0.717, 1.165) is 73.9 Å². The van der Waals surface area contributed by atoms with Crippen LogP contribution in [0.3, 0.4) is 0 Å². The summed E-state index contributed by atoms with van der Waals surface area (Å²) in [4.78, 5) is 28.9. The van der Waals surface area contributed by atoms with Gasteiger partial charge < -0.3 is 20.8 Å². The Morgan fingerprint density at radius 1 is 0.915 bits per heavy atom. The van der Waals surface area contributed by atoms with E-state index in [0.29, 0.717) is 36.9 Å². The second kappa shape index (κ2) is 13.9.